The summed E-state index contributed by atoms with van der Waals surface area (Å²) in [5.41, 5.74) is 4.13. The number of rotatable bonds is 6. The summed E-state index contributed by atoms with van der Waals surface area (Å²) in [5.74, 6) is 1.16. The van der Waals surface area contributed by atoms with Crippen molar-refractivity contribution in [1.82, 2.24) is 25.0 Å². The Morgan fingerprint density at radius 2 is 1.73 bits per heavy atom. The molecule has 1 aliphatic carbocycles. The Balaban J connectivity index is 1.13. The number of nitrogens with one attached hydrogen (secondary N) is 2. The minimum Gasteiger partial charge on any atom is -0.361 e. The quantitative estimate of drug-likeness (QED) is 0.474. The largest absolute Gasteiger partial charge is 0.361 e. The van der Waals surface area contributed by atoms with Gasteiger partial charge in [-0.1, -0.05) is 30.3 Å². The number of piperidine rings is 1. The summed E-state index contributed by atoms with van der Waals surface area (Å²) < 4.78 is 0. The first-order chi connectivity index (χ1) is 19.4. The van der Waals surface area contributed by atoms with Crippen LogP contribution in [0.25, 0.3) is 22.0 Å². The van der Waals surface area contributed by atoms with Crippen LogP contribution in [0.5, 0.6) is 0 Å². The van der Waals surface area contributed by atoms with Crippen molar-refractivity contribution in [3.63, 3.8) is 0 Å². The zero-order valence-electron chi connectivity index (χ0n) is 23.7. The van der Waals surface area contributed by atoms with Crippen LogP contribution in [0.2, 0.25) is 0 Å². The van der Waals surface area contributed by atoms with Gasteiger partial charge in [-0.05, 0) is 92.1 Å². The summed E-state index contributed by atoms with van der Waals surface area (Å²) in [6.07, 6.45) is 6.56. The van der Waals surface area contributed by atoms with E-state index in [1.54, 1.807) is 0 Å². The van der Waals surface area contributed by atoms with E-state index in [1.165, 1.54) is 16.5 Å². The standard InChI is InChI=1S/C33H41N5O2/c1-22(2)36-17-13-33(14-18-36)32(40)38(21-23-12-16-37(20-23)31(39)26-7-8-26)30(35-33)25-5-3-24(4-6-25)27-9-10-29-28(19-27)11-15-34-29/h3-6,9-11,15,19,22-23,26,30,34-35H,7-8,12-14,16-18,20-21H2,1-2H3/t23-,30?/m1/s1. The Labute approximate surface area is 236 Å². The molecule has 2 amide bonds. The summed E-state index contributed by atoms with van der Waals surface area (Å²) in [7, 11) is 0. The molecule has 7 rings (SSSR count). The Hall–Kier alpha value is -3.16. The fourth-order valence-electron chi connectivity index (χ4n) is 7.16. The van der Waals surface area contributed by atoms with Crippen LogP contribution in [0, 0.1) is 11.8 Å². The van der Waals surface area contributed by atoms with E-state index in [-0.39, 0.29) is 18.0 Å². The SMILES string of the molecule is CC(C)N1CCC2(CC1)NC(c1ccc(-c3ccc4[nH]ccc4c3)cc1)N(C[C@@H]1CCN(C(=O)C3CC3)C1)C2=O. The molecule has 0 radical (unpaired) electrons. The van der Waals surface area contributed by atoms with E-state index in [4.69, 9.17) is 0 Å². The number of carbonyl (C=O) groups is 2. The van der Waals surface area contributed by atoms with Crippen molar-refractivity contribution in [2.45, 2.75) is 63.7 Å². The van der Waals surface area contributed by atoms with Crippen molar-refractivity contribution in [3.05, 3.63) is 60.3 Å². The van der Waals surface area contributed by atoms with Gasteiger partial charge in [0.1, 0.15) is 11.7 Å². The van der Waals surface area contributed by atoms with Gasteiger partial charge in [-0.2, -0.15) is 0 Å². The van der Waals surface area contributed by atoms with E-state index >= 15 is 0 Å². The Bertz CT molecular complexity index is 1400. The topological polar surface area (TPSA) is 71.7 Å². The Morgan fingerprint density at radius 1 is 0.975 bits per heavy atom. The average molecular weight is 540 g/mol. The predicted octanol–water partition coefficient (Wildman–Crippen LogP) is 4.77. The van der Waals surface area contributed by atoms with E-state index in [2.05, 4.69) is 87.4 Å². The first-order valence-corrected chi connectivity index (χ1v) is 15.2. The Morgan fingerprint density at radius 3 is 2.45 bits per heavy atom. The van der Waals surface area contributed by atoms with Crippen molar-refractivity contribution in [2.24, 2.45) is 11.8 Å². The molecule has 0 bridgehead atoms. The summed E-state index contributed by atoms with van der Waals surface area (Å²) in [6.45, 7) is 8.65. The van der Waals surface area contributed by atoms with E-state index in [1.807, 2.05) is 6.20 Å². The normalized spacial score (nSPS) is 25.1. The third-order valence-corrected chi connectivity index (χ3v) is 9.87. The second kappa shape index (κ2) is 10.0. The summed E-state index contributed by atoms with van der Waals surface area (Å²) in [4.78, 5) is 36.8. The zero-order chi connectivity index (χ0) is 27.4. The number of fused-ring (bicyclic) bond motifs is 1. The van der Waals surface area contributed by atoms with Crippen molar-refractivity contribution < 1.29 is 9.59 Å². The van der Waals surface area contributed by atoms with Crippen molar-refractivity contribution >= 4 is 22.7 Å². The highest BCUT2D eigenvalue weighted by molar-refractivity contribution is 5.89. The lowest BCUT2D eigenvalue weighted by Crippen LogP contribution is -2.56. The van der Waals surface area contributed by atoms with Gasteiger partial charge in [0.05, 0.1) is 0 Å². The number of aromatic nitrogens is 1. The molecule has 1 spiro atoms. The number of hydrogen-bond acceptors (Lipinski definition) is 4. The van der Waals surface area contributed by atoms with E-state index in [0.29, 0.717) is 24.4 Å². The number of H-pyrrole nitrogens is 1. The molecule has 2 atom stereocenters. The summed E-state index contributed by atoms with van der Waals surface area (Å²) >= 11 is 0. The minimum absolute atomic E-state index is 0.146. The third kappa shape index (κ3) is 4.63. The highest BCUT2D eigenvalue weighted by atomic mass is 16.2. The van der Waals surface area contributed by atoms with E-state index in [0.717, 1.165) is 69.4 Å². The number of aromatic amines is 1. The number of nitrogens with zero attached hydrogens (tertiary/aromatic N) is 3. The van der Waals surface area contributed by atoms with Gasteiger partial charge in [0.15, 0.2) is 0 Å². The third-order valence-electron chi connectivity index (χ3n) is 9.87. The molecule has 1 unspecified atom stereocenters. The molecule has 1 aromatic heterocycles. The van der Waals surface area contributed by atoms with Crippen LogP contribution in [0.15, 0.2) is 54.7 Å². The van der Waals surface area contributed by atoms with Crippen molar-refractivity contribution in [2.75, 3.05) is 32.7 Å². The molecule has 2 aromatic carbocycles. The number of benzene rings is 2. The second-order valence-electron chi connectivity index (χ2n) is 12.8. The van der Waals surface area contributed by atoms with Gasteiger partial charge >= 0.3 is 0 Å². The predicted molar refractivity (Wildman–Crippen MR) is 157 cm³/mol. The fourth-order valence-corrected chi connectivity index (χ4v) is 7.16. The maximum absolute atomic E-state index is 14.2. The summed E-state index contributed by atoms with van der Waals surface area (Å²) in [6, 6.07) is 17.8. The molecule has 7 heteroatoms. The molecule has 2 N–H and O–H groups in total. The molecule has 1 saturated carbocycles. The molecule has 210 valence electrons. The van der Waals surface area contributed by atoms with E-state index in [9.17, 15) is 9.59 Å². The molecule has 4 aliphatic rings. The van der Waals surface area contributed by atoms with Crippen LogP contribution in [0.4, 0.5) is 0 Å². The van der Waals surface area contributed by atoms with Crippen LogP contribution in [0.1, 0.15) is 57.7 Å². The maximum atomic E-state index is 14.2. The lowest BCUT2D eigenvalue weighted by molar-refractivity contribution is -0.135. The second-order valence-corrected chi connectivity index (χ2v) is 12.8. The van der Waals surface area contributed by atoms with Gasteiger partial charge in [-0.25, -0.2) is 0 Å². The van der Waals surface area contributed by atoms with Gasteiger partial charge < -0.3 is 19.7 Å². The monoisotopic (exact) mass is 539 g/mol. The van der Waals surface area contributed by atoms with Gasteiger partial charge in [-0.3, -0.25) is 14.9 Å². The minimum atomic E-state index is -0.504. The van der Waals surface area contributed by atoms with Crippen molar-refractivity contribution in [3.8, 4) is 11.1 Å². The number of carbonyl (C=O) groups excluding carboxylic acids is 2. The smallest absolute Gasteiger partial charge is 0.244 e. The Kier molecular flexibility index (Phi) is 6.47. The molecule has 4 heterocycles. The average Bonchev–Trinajstić information content (AvgIpc) is 3.43. The molecule has 3 aromatic rings. The summed E-state index contributed by atoms with van der Waals surface area (Å²) in [5, 5.41) is 5.07. The molecule has 3 aliphatic heterocycles. The lowest BCUT2D eigenvalue weighted by Gasteiger charge is -2.39. The molecule has 40 heavy (non-hydrogen) atoms. The molecular formula is C33H41N5O2. The molecule has 3 saturated heterocycles. The van der Waals surface area contributed by atoms with Gasteiger partial charge in [0.2, 0.25) is 11.8 Å². The van der Waals surface area contributed by atoms with Crippen LogP contribution in [-0.2, 0) is 9.59 Å². The zero-order valence-corrected chi connectivity index (χ0v) is 23.7. The van der Waals surface area contributed by atoms with Gasteiger partial charge in [-0.15, -0.1) is 0 Å². The highest BCUT2D eigenvalue weighted by Gasteiger charge is 2.53. The highest BCUT2D eigenvalue weighted by Crippen LogP contribution is 2.40. The maximum Gasteiger partial charge on any atom is 0.244 e. The molecular weight excluding hydrogens is 498 g/mol. The van der Waals surface area contributed by atoms with Crippen molar-refractivity contribution in [1.29, 1.82) is 0 Å². The van der Waals surface area contributed by atoms with Gasteiger partial charge in [0.25, 0.3) is 0 Å². The fraction of sp³-hybridized carbons (Fsp3) is 0.515. The lowest BCUT2D eigenvalue weighted by atomic mass is 9.86. The number of amides is 2. The first-order valence-electron chi connectivity index (χ1n) is 15.2. The number of hydrogen-bond donors (Lipinski definition) is 2. The number of likely N-dealkylation sites (tertiary alicyclic amines) is 2. The molecule has 4 fully saturated rings. The first kappa shape index (κ1) is 25.8. The van der Waals surface area contributed by atoms with Gasteiger partial charge in [0, 0.05) is 56.4 Å². The van der Waals surface area contributed by atoms with Crippen LogP contribution in [0.3, 0.4) is 0 Å². The van der Waals surface area contributed by atoms with E-state index < -0.39 is 5.54 Å². The van der Waals surface area contributed by atoms with Crippen LogP contribution >= 0.6 is 0 Å². The van der Waals surface area contributed by atoms with Crippen LogP contribution < -0.4 is 5.32 Å². The van der Waals surface area contributed by atoms with Crippen LogP contribution in [-0.4, -0.2) is 75.8 Å². The molecule has 7 nitrogen and oxygen atoms in total.